The molecular weight excluding hydrogens is 455 g/mol. The highest BCUT2D eigenvalue weighted by atomic mass is 127. The normalized spacial score (nSPS) is 20.1. The summed E-state index contributed by atoms with van der Waals surface area (Å²) in [5.74, 6) is 2.17. The monoisotopic (exact) mass is 490 g/mol. The van der Waals surface area contributed by atoms with Gasteiger partial charge in [-0.05, 0) is 49.7 Å². The van der Waals surface area contributed by atoms with Gasteiger partial charge in [-0.25, -0.2) is 0 Å². The maximum absolute atomic E-state index is 4.35. The summed E-state index contributed by atoms with van der Waals surface area (Å²) < 4.78 is 0.351. The SMILES string of the molecule is CCN(CC)Cc1ccc(CNC(=NC)NCC2(C)CCCS2)cc1.I. The lowest BCUT2D eigenvalue weighted by Gasteiger charge is -2.24. The summed E-state index contributed by atoms with van der Waals surface area (Å²) in [6.45, 7) is 11.8. The zero-order chi connectivity index (χ0) is 18.1. The Labute approximate surface area is 181 Å². The van der Waals surface area contributed by atoms with Crippen LogP contribution in [0.4, 0.5) is 0 Å². The van der Waals surface area contributed by atoms with Gasteiger partial charge in [-0.15, -0.1) is 24.0 Å². The van der Waals surface area contributed by atoms with Crippen molar-refractivity contribution in [2.24, 2.45) is 4.99 Å². The van der Waals surface area contributed by atoms with Crippen molar-refractivity contribution in [1.82, 2.24) is 15.5 Å². The third kappa shape index (κ3) is 7.64. The van der Waals surface area contributed by atoms with Crippen LogP contribution in [0, 0.1) is 0 Å². The van der Waals surface area contributed by atoms with E-state index in [1.54, 1.807) is 0 Å². The van der Waals surface area contributed by atoms with Crippen molar-refractivity contribution >= 4 is 41.7 Å². The van der Waals surface area contributed by atoms with Gasteiger partial charge in [-0.3, -0.25) is 9.89 Å². The number of hydrogen-bond acceptors (Lipinski definition) is 3. The number of nitrogens with zero attached hydrogens (tertiary/aromatic N) is 2. The standard InChI is InChI=1S/C20H34N4S.HI/c1-5-24(6-2)15-18-10-8-17(9-11-18)14-22-19(21-4)23-16-20(3)12-7-13-25-20;/h8-11H,5-7,12-16H2,1-4H3,(H2,21,22,23);1H. The smallest absolute Gasteiger partial charge is 0.191 e. The fraction of sp³-hybridized carbons (Fsp3) is 0.650. The van der Waals surface area contributed by atoms with Gasteiger partial charge >= 0.3 is 0 Å². The van der Waals surface area contributed by atoms with Crippen molar-refractivity contribution in [1.29, 1.82) is 0 Å². The molecule has 1 fully saturated rings. The molecule has 0 amide bonds. The molecule has 0 radical (unpaired) electrons. The molecule has 2 rings (SSSR count). The number of guanidine groups is 1. The highest BCUT2D eigenvalue weighted by molar-refractivity contribution is 14.0. The molecule has 0 spiro atoms. The average molecular weight is 490 g/mol. The van der Waals surface area contributed by atoms with Crippen molar-refractivity contribution in [3.8, 4) is 0 Å². The van der Waals surface area contributed by atoms with E-state index in [1.807, 2.05) is 7.05 Å². The molecule has 0 saturated carbocycles. The molecule has 26 heavy (non-hydrogen) atoms. The van der Waals surface area contributed by atoms with E-state index >= 15 is 0 Å². The Kier molecular flexibility index (Phi) is 11.0. The van der Waals surface area contributed by atoms with Crippen molar-refractivity contribution in [3.05, 3.63) is 35.4 Å². The minimum atomic E-state index is 0. The topological polar surface area (TPSA) is 39.7 Å². The van der Waals surface area contributed by atoms with Crippen LogP contribution in [0.1, 0.15) is 44.7 Å². The molecule has 0 aromatic heterocycles. The van der Waals surface area contributed by atoms with E-state index in [0.29, 0.717) is 4.75 Å². The van der Waals surface area contributed by atoms with Gasteiger partial charge in [0.2, 0.25) is 0 Å². The molecule has 6 heteroatoms. The van der Waals surface area contributed by atoms with Crippen molar-refractivity contribution in [2.45, 2.75) is 51.4 Å². The van der Waals surface area contributed by atoms with Crippen LogP contribution < -0.4 is 10.6 Å². The first-order chi connectivity index (χ1) is 12.1. The molecule has 0 aliphatic carbocycles. The lowest BCUT2D eigenvalue weighted by atomic mass is 10.1. The Morgan fingerprint density at radius 1 is 1.15 bits per heavy atom. The Bertz CT molecular complexity index is 537. The van der Waals surface area contributed by atoms with E-state index < -0.39 is 0 Å². The van der Waals surface area contributed by atoms with Crippen LogP contribution in [0.3, 0.4) is 0 Å². The Morgan fingerprint density at radius 3 is 2.35 bits per heavy atom. The minimum Gasteiger partial charge on any atom is -0.355 e. The number of rotatable bonds is 8. The van der Waals surface area contributed by atoms with Gasteiger partial charge in [0, 0.05) is 31.4 Å². The molecule has 1 heterocycles. The summed E-state index contributed by atoms with van der Waals surface area (Å²) in [4.78, 5) is 6.78. The highest BCUT2D eigenvalue weighted by Crippen LogP contribution is 2.36. The Morgan fingerprint density at radius 2 is 1.81 bits per heavy atom. The van der Waals surface area contributed by atoms with Crippen LogP contribution in [0.15, 0.2) is 29.3 Å². The van der Waals surface area contributed by atoms with Crippen molar-refractivity contribution in [3.63, 3.8) is 0 Å². The molecule has 0 bridgehead atoms. The van der Waals surface area contributed by atoms with Crippen LogP contribution in [-0.4, -0.2) is 48.0 Å². The Hall–Kier alpha value is -0.470. The van der Waals surface area contributed by atoms with E-state index in [1.165, 1.54) is 29.7 Å². The highest BCUT2D eigenvalue weighted by Gasteiger charge is 2.29. The quantitative estimate of drug-likeness (QED) is 0.327. The van der Waals surface area contributed by atoms with Gasteiger partial charge in [0.25, 0.3) is 0 Å². The summed E-state index contributed by atoms with van der Waals surface area (Å²) in [5, 5.41) is 6.91. The third-order valence-corrected chi connectivity index (χ3v) is 6.48. The third-order valence-electron chi connectivity index (χ3n) is 4.94. The predicted octanol–water partition coefficient (Wildman–Crippen LogP) is 4.10. The number of benzene rings is 1. The van der Waals surface area contributed by atoms with E-state index in [4.69, 9.17) is 0 Å². The number of halogens is 1. The molecule has 2 N–H and O–H groups in total. The van der Waals surface area contributed by atoms with E-state index in [9.17, 15) is 0 Å². The first kappa shape index (κ1) is 23.6. The van der Waals surface area contributed by atoms with Crippen LogP contribution in [0.5, 0.6) is 0 Å². The summed E-state index contributed by atoms with van der Waals surface area (Å²) in [6.07, 6.45) is 2.62. The van der Waals surface area contributed by atoms with E-state index in [2.05, 4.69) is 77.3 Å². The number of aliphatic imine (C=N–C) groups is 1. The largest absolute Gasteiger partial charge is 0.355 e. The average Bonchev–Trinajstić information content (AvgIpc) is 3.07. The summed E-state index contributed by atoms with van der Waals surface area (Å²) in [7, 11) is 1.84. The van der Waals surface area contributed by atoms with Crippen LogP contribution in [0.25, 0.3) is 0 Å². The first-order valence-electron chi connectivity index (χ1n) is 9.47. The molecule has 1 aliphatic heterocycles. The molecular formula is C20H35IN4S. The molecule has 1 aliphatic rings. The number of nitrogens with one attached hydrogen (secondary N) is 2. The maximum atomic E-state index is 4.35. The van der Waals surface area contributed by atoms with E-state index in [-0.39, 0.29) is 24.0 Å². The van der Waals surface area contributed by atoms with Gasteiger partial charge in [0.05, 0.1) is 0 Å². The summed E-state index contributed by atoms with van der Waals surface area (Å²) in [6, 6.07) is 8.91. The van der Waals surface area contributed by atoms with Crippen LogP contribution in [-0.2, 0) is 13.1 Å². The Balaban J connectivity index is 0.00000338. The molecule has 1 atom stereocenters. The second-order valence-electron chi connectivity index (χ2n) is 6.96. The lowest BCUT2D eigenvalue weighted by molar-refractivity contribution is 0.296. The van der Waals surface area contributed by atoms with Gasteiger partial charge in [-0.1, -0.05) is 38.1 Å². The van der Waals surface area contributed by atoms with Gasteiger partial charge in [0.1, 0.15) is 0 Å². The fourth-order valence-corrected chi connectivity index (χ4v) is 4.37. The van der Waals surface area contributed by atoms with Gasteiger partial charge < -0.3 is 10.6 Å². The second-order valence-corrected chi connectivity index (χ2v) is 8.64. The summed E-state index contributed by atoms with van der Waals surface area (Å²) >= 11 is 2.07. The molecule has 4 nitrogen and oxygen atoms in total. The first-order valence-corrected chi connectivity index (χ1v) is 10.5. The van der Waals surface area contributed by atoms with Crippen LogP contribution in [0.2, 0.25) is 0 Å². The van der Waals surface area contributed by atoms with Gasteiger partial charge in [0.15, 0.2) is 5.96 Å². The van der Waals surface area contributed by atoms with Crippen molar-refractivity contribution < 1.29 is 0 Å². The second kappa shape index (κ2) is 12.1. The predicted molar refractivity (Wildman–Crippen MR) is 127 cm³/mol. The molecule has 1 aromatic carbocycles. The van der Waals surface area contributed by atoms with Crippen molar-refractivity contribution in [2.75, 3.05) is 32.4 Å². The van der Waals surface area contributed by atoms with Crippen LogP contribution >= 0.6 is 35.7 Å². The lowest BCUT2D eigenvalue weighted by Crippen LogP contribution is -2.43. The summed E-state index contributed by atoms with van der Waals surface area (Å²) in [5.41, 5.74) is 2.66. The zero-order valence-electron chi connectivity index (χ0n) is 16.7. The molecule has 1 saturated heterocycles. The fourth-order valence-electron chi connectivity index (χ4n) is 3.12. The zero-order valence-corrected chi connectivity index (χ0v) is 19.8. The molecule has 1 aromatic rings. The number of thioether (sulfide) groups is 1. The number of hydrogen-bond donors (Lipinski definition) is 2. The maximum Gasteiger partial charge on any atom is 0.191 e. The van der Waals surface area contributed by atoms with Gasteiger partial charge in [-0.2, -0.15) is 11.8 Å². The molecule has 1 unspecified atom stereocenters. The molecule has 148 valence electrons. The minimum absolute atomic E-state index is 0. The van der Waals surface area contributed by atoms with E-state index in [0.717, 1.165) is 38.7 Å².